The van der Waals surface area contributed by atoms with Crippen molar-refractivity contribution in [2.45, 2.75) is 27.0 Å². The van der Waals surface area contributed by atoms with Gasteiger partial charge in [-0.05, 0) is 38.0 Å². The van der Waals surface area contributed by atoms with Crippen LogP contribution in [0.4, 0.5) is 0 Å². The highest BCUT2D eigenvalue weighted by Gasteiger charge is 2.25. The third-order valence-electron chi connectivity index (χ3n) is 5.28. The number of benzene rings is 1. The Labute approximate surface area is 185 Å². The van der Waals surface area contributed by atoms with Gasteiger partial charge in [0, 0.05) is 30.5 Å². The first-order chi connectivity index (χ1) is 15.7. The highest BCUT2D eigenvalue weighted by atomic mass is 16.5. The van der Waals surface area contributed by atoms with Crippen LogP contribution in [-0.4, -0.2) is 43.0 Å². The maximum absolute atomic E-state index is 5.40. The van der Waals surface area contributed by atoms with Crippen LogP contribution in [0.25, 0.3) is 17.1 Å². The van der Waals surface area contributed by atoms with E-state index in [9.17, 15) is 0 Å². The van der Waals surface area contributed by atoms with Crippen molar-refractivity contribution in [3.8, 4) is 34.8 Å². The van der Waals surface area contributed by atoms with Gasteiger partial charge in [0.15, 0.2) is 11.6 Å². The molecule has 0 saturated carbocycles. The van der Waals surface area contributed by atoms with Gasteiger partial charge < -0.3 is 14.0 Å². The number of rotatable bonds is 4. The van der Waals surface area contributed by atoms with E-state index in [1.807, 2.05) is 25.4 Å². The lowest BCUT2D eigenvalue weighted by molar-refractivity contribution is 0.174. The molecular weight excluding hydrogens is 404 g/mol. The van der Waals surface area contributed by atoms with E-state index in [1.54, 1.807) is 13.3 Å². The average molecular weight is 426 g/mol. The van der Waals surface area contributed by atoms with Crippen LogP contribution < -0.4 is 4.74 Å². The number of aryl methyl sites for hydroxylation is 1. The lowest BCUT2D eigenvalue weighted by Crippen LogP contribution is -2.09. The maximum atomic E-state index is 5.40. The molecule has 1 aliphatic heterocycles. The molecule has 3 aromatic heterocycles. The van der Waals surface area contributed by atoms with Crippen molar-refractivity contribution < 1.29 is 9.47 Å². The fraction of sp³-hybridized carbons (Fsp3) is 0.250. The zero-order valence-corrected chi connectivity index (χ0v) is 18.2. The third kappa shape index (κ3) is 3.53. The number of nitrogens with zero attached hydrogens (tertiary/aromatic N) is 6. The van der Waals surface area contributed by atoms with E-state index in [0.717, 1.165) is 39.7 Å². The van der Waals surface area contributed by atoms with E-state index >= 15 is 0 Å². The van der Waals surface area contributed by atoms with Crippen molar-refractivity contribution in [1.82, 2.24) is 29.3 Å². The molecule has 1 aliphatic rings. The first-order valence-electron chi connectivity index (χ1n) is 10.4. The molecule has 8 heteroatoms. The summed E-state index contributed by atoms with van der Waals surface area (Å²) in [4.78, 5) is 8.89. The van der Waals surface area contributed by atoms with Crippen molar-refractivity contribution >= 4 is 0 Å². The Morgan fingerprint density at radius 1 is 1.09 bits per heavy atom. The Balaban J connectivity index is 1.60. The second-order valence-corrected chi connectivity index (χ2v) is 7.46. The summed E-state index contributed by atoms with van der Waals surface area (Å²) in [6.45, 7) is 5.49. The lowest BCUT2D eigenvalue weighted by atomic mass is 10.1. The third-order valence-corrected chi connectivity index (χ3v) is 5.28. The molecule has 160 valence electrons. The minimum Gasteiger partial charge on any atom is -0.478 e. The highest BCUT2D eigenvalue weighted by Crippen LogP contribution is 2.33. The molecule has 0 saturated heterocycles. The molecule has 0 N–H and O–H groups in total. The maximum Gasteiger partial charge on any atom is 0.213 e. The number of aromatic nitrogens is 6. The summed E-state index contributed by atoms with van der Waals surface area (Å²) in [7, 11) is 1.66. The normalized spacial score (nSPS) is 11.6. The lowest BCUT2D eigenvalue weighted by Gasteiger charge is -2.08. The summed E-state index contributed by atoms with van der Waals surface area (Å²) in [6.07, 6.45) is 3.53. The Bertz CT molecular complexity index is 1340. The van der Waals surface area contributed by atoms with E-state index in [-0.39, 0.29) is 0 Å². The minimum atomic E-state index is 0.376. The number of hydrogen-bond donors (Lipinski definition) is 0. The van der Waals surface area contributed by atoms with Crippen molar-refractivity contribution in [2.75, 3.05) is 13.7 Å². The van der Waals surface area contributed by atoms with Crippen molar-refractivity contribution in [3.63, 3.8) is 0 Å². The smallest absolute Gasteiger partial charge is 0.213 e. The number of methoxy groups -OCH3 is 1. The Morgan fingerprint density at radius 2 is 2.00 bits per heavy atom. The van der Waals surface area contributed by atoms with Crippen LogP contribution in [0.2, 0.25) is 0 Å². The molecular formula is C24H22N6O2. The zero-order valence-electron chi connectivity index (χ0n) is 18.2. The van der Waals surface area contributed by atoms with Crippen LogP contribution in [0.15, 0.2) is 42.9 Å². The fourth-order valence-corrected chi connectivity index (χ4v) is 3.78. The van der Waals surface area contributed by atoms with Gasteiger partial charge in [0.05, 0.1) is 24.5 Å². The van der Waals surface area contributed by atoms with Gasteiger partial charge >= 0.3 is 0 Å². The Kier molecular flexibility index (Phi) is 5.17. The number of ether oxygens (including phenoxy) is 2. The van der Waals surface area contributed by atoms with Gasteiger partial charge in [-0.15, -0.1) is 10.2 Å². The van der Waals surface area contributed by atoms with Gasteiger partial charge in [0.2, 0.25) is 5.88 Å². The topological polar surface area (TPSA) is 79.9 Å². The molecule has 0 bridgehead atoms. The first kappa shape index (κ1) is 20.0. The monoisotopic (exact) mass is 426 g/mol. The predicted octanol–water partition coefficient (Wildman–Crippen LogP) is 3.14. The van der Waals surface area contributed by atoms with Gasteiger partial charge in [-0.25, -0.2) is 9.97 Å². The van der Waals surface area contributed by atoms with E-state index in [0.29, 0.717) is 31.3 Å². The zero-order chi connectivity index (χ0) is 22.1. The number of pyridine rings is 1. The molecule has 32 heavy (non-hydrogen) atoms. The van der Waals surface area contributed by atoms with Crippen molar-refractivity contribution in [2.24, 2.45) is 0 Å². The molecule has 0 fully saturated rings. The van der Waals surface area contributed by atoms with E-state index in [2.05, 4.69) is 66.3 Å². The number of hydrogen-bond acceptors (Lipinski definition) is 6. The molecule has 0 amide bonds. The summed E-state index contributed by atoms with van der Waals surface area (Å²) < 4.78 is 14.9. The van der Waals surface area contributed by atoms with Gasteiger partial charge in [-0.2, -0.15) is 0 Å². The summed E-state index contributed by atoms with van der Waals surface area (Å²) in [5, 5.41) is 8.83. The minimum absolute atomic E-state index is 0.376. The molecule has 1 aromatic carbocycles. The van der Waals surface area contributed by atoms with Crippen LogP contribution in [0.3, 0.4) is 0 Å². The molecule has 8 nitrogen and oxygen atoms in total. The number of fused-ring (bicyclic) bond motifs is 5. The number of imidazole rings is 1. The SMILES string of the molecule is CCOc1ccc(C#Cc2ncn3c2Cn2c(COC)nnc2-c2cc(C)ccc2-3)cn1. The van der Waals surface area contributed by atoms with E-state index in [1.165, 1.54) is 0 Å². The standard InChI is InChI=1S/C24H22N6O2/c1-4-32-23-10-7-17(12-25-23)6-8-19-21-13-29-22(14-31-3)27-28-24(29)18-11-16(2)5-9-20(18)30(21)15-26-19/h5,7,9-12,15H,4,13-14H2,1-3H3. The summed E-state index contributed by atoms with van der Waals surface area (Å²) >= 11 is 0. The first-order valence-corrected chi connectivity index (χ1v) is 10.4. The van der Waals surface area contributed by atoms with Crippen LogP contribution >= 0.6 is 0 Å². The fourth-order valence-electron chi connectivity index (χ4n) is 3.78. The van der Waals surface area contributed by atoms with Crippen LogP contribution in [-0.2, 0) is 17.9 Å². The van der Waals surface area contributed by atoms with Gasteiger partial charge in [0.25, 0.3) is 0 Å². The average Bonchev–Trinajstić information content (AvgIpc) is 3.35. The molecule has 0 spiro atoms. The van der Waals surface area contributed by atoms with Crippen LogP contribution in [0.1, 0.15) is 35.3 Å². The molecule has 0 atom stereocenters. The molecule has 0 aliphatic carbocycles. The van der Waals surface area contributed by atoms with Gasteiger partial charge in [-0.3, -0.25) is 4.57 Å². The van der Waals surface area contributed by atoms with Crippen LogP contribution in [0.5, 0.6) is 5.88 Å². The quantitative estimate of drug-likeness (QED) is 0.411. The summed E-state index contributed by atoms with van der Waals surface area (Å²) in [5.41, 5.74) is 5.63. The van der Waals surface area contributed by atoms with E-state index in [4.69, 9.17) is 9.47 Å². The largest absolute Gasteiger partial charge is 0.478 e. The van der Waals surface area contributed by atoms with Crippen molar-refractivity contribution in [1.29, 1.82) is 0 Å². The molecule has 5 rings (SSSR count). The molecule has 4 heterocycles. The Morgan fingerprint density at radius 3 is 2.78 bits per heavy atom. The molecule has 4 aromatic rings. The van der Waals surface area contributed by atoms with Crippen LogP contribution in [0, 0.1) is 18.8 Å². The molecule has 0 radical (unpaired) electrons. The highest BCUT2D eigenvalue weighted by molar-refractivity contribution is 5.70. The summed E-state index contributed by atoms with van der Waals surface area (Å²) in [5.74, 6) is 8.55. The Hall–Kier alpha value is -3.96. The second kappa shape index (κ2) is 8.29. The molecule has 0 unspecified atom stereocenters. The van der Waals surface area contributed by atoms with E-state index < -0.39 is 0 Å². The summed E-state index contributed by atoms with van der Waals surface area (Å²) in [6, 6.07) is 10.0. The second-order valence-electron chi connectivity index (χ2n) is 7.46. The van der Waals surface area contributed by atoms with Crippen molar-refractivity contribution in [3.05, 3.63) is 71.2 Å². The predicted molar refractivity (Wildman–Crippen MR) is 119 cm³/mol. The van der Waals surface area contributed by atoms with Gasteiger partial charge in [-0.1, -0.05) is 17.6 Å². The van der Waals surface area contributed by atoms with Gasteiger partial charge in [0.1, 0.15) is 18.6 Å².